The van der Waals surface area contributed by atoms with Crippen LogP contribution in [-0.2, 0) is 5.41 Å². The van der Waals surface area contributed by atoms with Crippen LogP contribution in [0, 0.1) is 0 Å². The van der Waals surface area contributed by atoms with Crippen LogP contribution in [0.3, 0.4) is 0 Å². The summed E-state index contributed by atoms with van der Waals surface area (Å²) >= 11 is 0. The maximum Gasteiger partial charge on any atom is 0.178 e. The van der Waals surface area contributed by atoms with Gasteiger partial charge in [-0.15, -0.1) is 0 Å². The maximum absolute atomic E-state index is 6.94. The minimum atomic E-state index is -0.443. The Balaban J connectivity index is 0.877. The van der Waals surface area contributed by atoms with Crippen molar-refractivity contribution < 1.29 is 9.47 Å². The predicted octanol–water partition coefficient (Wildman–Crippen LogP) is 15.9. The third-order valence-electron chi connectivity index (χ3n) is 13.1. The van der Waals surface area contributed by atoms with E-state index in [-0.39, 0.29) is 0 Å². The molecule has 13 rings (SSSR count). The summed E-state index contributed by atoms with van der Waals surface area (Å²) < 4.78 is 13.7. The van der Waals surface area contributed by atoms with E-state index in [9.17, 15) is 0 Å². The van der Waals surface area contributed by atoms with Gasteiger partial charge in [0.15, 0.2) is 23.0 Å². The van der Waals surface area contributed by atoms with E-state index in [1.54, 1.807) is 0 Å². The highest BCUT2D eigenvalue weighted by molar-refractivity contribution is 5.98. The Labute approximate surface area is 360 Å². The third-order valence-corrected chi connectivity index (χ3v) is 13.1. The molecular formula is C59H37NO2. The summed E-state index contributed by atoms with van der Waals surface area (Å²) in [5.74, 6) is 2.89. The van der Waals surface area contributed by atoms with Crippen molar-refractivity contribution in [1.29, 1.82) is 0 Å². The molecule has 3 nitrogen and oxygen atoms in total. The average molecular weight is 792 g/mol. The number of fused-ring (bicyclic) bond motifs is 14. The number of rotatable bonds is 5. The van der Waals surface area contributed by atoms with Crippen LogP contribution < -0.4 is 14.4 Å². The van der Waals surface area contributed by atoms with Crippen molar-refractivity contribution in [3.05, 3.63) is 247 Å². The number of anilines is 3. The third kappa shape index (κ3) is 5.00. The molecule has 0 N–H and O–H groups in total. The molecule has 2 aliphatic carbocycles. The van der Waals surface area contributed by atoms with Gasteiger partial charge in [0.25, 0.3) is 0 Å². The highest BCUT2D eigenvalue weighted by Gasteiger charge is 2.53. The number of para-hydroxylation sites is 1. The summed E-state index contributed by atoms with van der Waals surface area (Å²) in [5.41, 5.74) is 17.3. The Morgan fingerprint density at radius 1 is 0.323 bits per heavy atom. The molecule has 0 bridgehead atoms. The Morgan fingerprint density at radius 3 is 1.66 bits per heavy atom. The van der Waals surface area contributed by atoms with Gasteiger partial charge in [-0.1, -0.05) is 176 Å². The van der Waals surface area contributed by atoms with Gasteiger partial charge in [0.05, 0.1) is 11.1 Å². The van der Waals surface area contributed by atoms with Gasteiger partial charge in [-0.25, -0.2) is 0 Å². The van der Waals surface area contributed by atoms with Gasteiger partial charge in [-0.2, -0.15) is 0 Å². The molecule has 0 unspecified atom stereocenters. The molecule has 0 atom stereocenters. The first-order valence-corrected chi connectivity index (χ1v) is 21.2. The second-order valence-electron chi connectivity index (χ2n) is 16.4. The van der Waals surface area contributed by atoms with Gasteiger partial charge in [-0.05, 0) is 115 Å². The minimum absolute atomic E-state index is 0.443. The summed E-state index contributed by atoms with van der Waals surface area (Å²) in [5, 5.41) is 2.41. The fourth-order valence-electron chi connectivity index (χ4n) is 10.5. The Hall–Kier alpha value is -8.14. The quantitative estimate of drug-likeness (QED) is 0.173. The SMILES string of the molecule is c1ccc(-c2ccccc2N(c2ccc(-c3ccc4c(c3)Oc3ccc5c(c3O4)-c3ccccc3C53c4ccccc4-c4ccccc43)cc2)c2ccc3ccccc3c2)cc1. The molecule has 1 spiro atoms. The zero-order valence-corrected chi connectivity index (χ0v) is 33.6. The van der Waals surface area contributed by atoms with E-state index in [2.05, 4.69) is 229 Å². The number of nitrogens with zero attached hydrogens (tertiary/aromatic N) is 1. The Morgan fingerprint density at radius 2 is 0.903 bits per heavy atom. The van der Waals surface area contributed by atoms with Crippen molar-refractivity contribution in [2.24, 2.45) is 0 Å². The van der Waals surface area contributed by atoms with Crippen LogP contribution in [0.5, 0.6) is 23.0 Å². The zero-order valence-electron chi connectivity index (χ0n) is 33.6. The molecule has 0 amide bonds. The number of ether oxygens (including phenoxy) is 2. The van der Waals surface area contributed by atoms with E-state index < -0.39 is 5.41 Å². The van der Waals surface area contributed by atoms with E-state index in [1.807, 2.05) is 0 Å². The lowest BCUT2D eigenvalue weighted by Gasteiger charge is -2.31. The summed E-state index contributed by atoms with van der Waals surface area (Å²) in [7, 11) is 0. The fourth-order valence-corrected chi connectivity index (χ4v) is 10.5. The van der Waals surface area contributed by atoms with Crippen molar-refractivity contribution in [1.82, 2.24) is 0 Å². The van der Waals surface area contributed by atoms with Crippen LogP contribution in [0.1, 0.15) is 22.3 Å². The van der Waals surface area contributed by atoms with E-state index in [4.69, 9.17) is 9.47 Å². The van der Waals surface area contributed by atoms with Crippen molar-refractivity contribution >= 4 is 27.8 Å². The van der Waals surface area contributed by atoms with Crippen LogP contribution in [-0.4, -0.2) is 0 Å². The first-order valence-electron chi connectivity index (χ1n) is 21.2. The van der Waals surface area contributed by atoms with Gasteiger partial charge >= 0.3 is 0 Å². The lowest BCUT2D eigenvalue weighted by atomic mass is 9.70. The molecular weight excluding hydrogens is 755 g/mol. The number of benzene rings is 10. The monoisotopic (exact) mass is 791 g/mol. The van der Waals surface area contributed by atoms with Crippen LogP contribution in [0.4, 0.5) is 17.1 Å². The Bertz CT molecular complexity index is 3380. The summed E-state index contributed by atoms with van der Waals surface area (Å²) in [6.07, 6.45) is 0. The van der Waals surface area contributed by atoms with Crippen LogP contribution in [0.25, 0.3) is 55.3 Å². The second-order valence-corrected chi connectivity index (χ2v) is 16.4. The molecule has 1 aliphatic heterocycles. The van der Waals surface area contributed by atoms with E-state index >= 15 is 0 Å². The van der Waals surface area contributed by atoms with E-state index in [1.165, 1.54) is 60.8 Å². The van der Waals surface area contributed by atoms with E-state index in [0.29, 0.717) is 11.5 Å². The van der Waals surface area contributed by atoms with Crippen molar-refractivity contribution in [3.63, 3.8) is 0 Å². The molecule has 10 aromatic carbocycles. The molecule has 1 heterocycles. The Kier molecular flexibility index (Phi) is 7.52. The van der Waals surface area contributed by atoms with Crippen molar-refractivity contribution in [2.45, 2.75) is 5.41 Å². The van der Waals surface area contributed by atoms with Crippen molar-refractivity contribution in [2.75, 3.05) is 4.90 Å². The van der Waals surface area contributed by atoms with Gasteiger partial charge < -0.3 is 14.4 Å². The van der Waals surface area contributed by atoms with Gasteiger partial charge in [0.2, 0.25) is 0 Å². The molecule has 0 fully saturated rings. The lowest BCUT2D eigenvalue weighted by Crippen LogP contribution is -2.25. The molecule has 0 saturated heterocycles. The first-order chi connectivity index (χ1) is 30.7. The fraction of sp³-hybridized carbons (Fsp3) is 0.0169. The molecule has 0 aromatic heterocycles. The minimum Gasteiger partial charge on any atom is -0.449 e. The molecule has 3 aliphatic rings. The van der Waals surface area contributed by atoms with Crippen molar-refractivity contribution in [3.8, 4) is 67.5 Å². The van der Waals surface area contributed by atoms with Crippen LogP contribution >= 0.6 is 0 Å². The molecule has 0 radical (unpaired) electrons. The summed E-state index contributed by atoms with van der Waals surface area (Å²) in [6, 6.07) is 80.6. The normalized spacial score (nSPS) is 13.2. The van der Waals surface area contributed by atoms with Crippen LogP contribution in [0.15, 0.2) is 224 Å². The van der Waals surface area contributed by atoms with Gasteiger partial charge in [-0.3, -0.25) is 0 Å². The molecule has 3 heteroatoms. The molecule has 290 valence electrons. The predicted molar refractivity (Wildman–Crippen MR) is 252 cm³/mol. The zero-order chi connectivity index (χ0) is 40.8. The first kappa shape index (κ1) is 34.7. The second kappa shape index (κ2) is 13.4. The number of hydrogen-bond donors (Lipinski definition) is 0. The van der Waals surface area contributed by atoms with Crippen LogP contribution in [0.2, 0.25) is 0 Å². The average Bonchev–Trinajstić information content (AvgIpc) is 3.82. The van der Waals surface area contributed by atoms with E-state index in [0.717, 1.165) is 45.3 Å². The van der Waals surface area contributed by atoms with Gasteiger partial charge in [0, 0.05) is 22.5 Å². The maximum atomic E-state index is 6.94. The smallest absolute Gasteiger partial charge is 0.178 e. The summed E-state index contributed by atoms with van der Waals surface area (Å²) in [6.45, 7) is 0. The summed E-state index contributed by atoms with van der Waals surface area (Å²) in [4.78, 5) is 2.36. The van der Waals surface area contributed by atoms with Gasteiger partial charge in [0.1, 0.15) is 0 Å². The highest BCUT2D eigenvalue weighted by atomic mass is 16.6. The molecule has 0 saturated carbocycles. The number of hydrogen-bond acceptors (Lipinski definition) is 3. The lowest BCUT2D eigenvalue weighted by molar-refractivity contribution is 0.360. The molecule has 10 aromatic rings. The topological polar surface area (TPSA) is 21.7 Å². The highest BCUT2D eigenvalue weighted by Crippen LogP contribution is 2.66. The molecule has 62 heavy (non-hydrogen) atoms. The largest absolute Gasteiger partial charge is 0.449 e. The standard InChI is InChI=1S/C59H37NO2/c1-2-15-40(16-3-1)45-18-9-13-25-53(45)60(44-32-28-38-14-4-5-17-41(38)36-44)43-30-26-39(27-31-43)42-29-34-54-56(37-42)61-55-35-33-52-57(58(55)62-54)48-21-8-12-24-51(48)59(52)49-22-10-6-19-46(49)47-20-7-11-23-50(47)59/h1-37H.